The Morgan fingerprint density at radius 3 is 2.61 bits per heavy atom. The van der Waals surface area contributed by atoms with E-state index in [9.17, 15) is 26.4 Å². The molecule has 2 heterocycles. The van der Waals surface area contributed by atoms with Gasteiger partial charge < -0.3 is 8.60 Å². The lowest BCUT2D eigenvalue weighted by Crippen LogP contribution is -2.12. The fraction of sp³-hybridized carbons (Fsp3) is 0.0625. The van der Waals surface area contributed by atoms with Crippen LogP contribution in [0.4, 0.5) is 13.2 Å². The van der Waals surface area contributed by atoms with Gasteiger partial charge in [0, 0.05) is 17.5 Å². The molecule has 0 unspecified atom stereocenters. The molecular weight excluding hydrogens is 421 g/mol. The summed E-state index contributed by atoms with van der Waals surface area (Å²) in [6.07, 6.45) is -4.78. The van der Waals surface area contributed by atoms with E-state index < -0.39 is 38.5 Å². The SMILES string of the molecule is O=c1cc(C(F)(F)F)c2ccc(OS(=O)(=O)c3cccc4nsnc34)cc2o1. The Morgan fingerprint density at radius 1 is 1.07 bits per heavy atom. The lowest BCUT2D eigenvalue weighted by molar-refractivity contribution is -0.136. The number of hydrogen-bond acceptors (Lipinski definition) is 8. The van der Waals surface area contributed by atoms with E-state index in [1.165, 1.54) is 12.1 Å². The summed E-state index contributed by atoms with van der Waals surface area (Å²) in [5, 5.41) is -0.400. The quantitative estimate of drug-likeness (QED) is 0.363. The molecule has 28 heavy (non-hydrogen) atoms. The van der Waals surface area contributed by atoms with Gasteiger partial charge in [0.05, 0.1) is 17.3 Å². The van der Waals surface area contributed by atoms with E-state index >= 15 is 0 Å². The van der Waals surface area contributed by atoms with Gasteiger partial charge >= 0.3 is 21.9 Å². The van der Waals surface area contributed by atoms with Gasteiger partial charge in [-0.15, -0.1) is 0 Å². The van der Waals surface area contributed by atoms with Crippen LogP contribution in [0.3, 0.4) is 0 Å². The molecule has 4 rings (SSSR count). The first-order valence-electron chi connectivity index (χ1n) is 7.46. The number of halogens is 3. The van der Waals surface area contributed by atoms with Crippen molar-refractivity contribution in [3.8, 4) is 5.75 Å². The molecule has 2 aromatic heterocycles. The van der Waals surface area contributed by atoms with Gasteiger partial charge in [-0.25, -0.2) is 4.79 Å². The number of benzene rings is 2. The Bertz CT molecular complexity index is 1380. The van der Waals surface area contributed by atoms with Crippen LogP contribution in [0, 0.1) is 0 Å². The van der Waals surface area contributed by atoms with Crippen molar-refractivity contribution in [2.75, 3.05) is 0 Å². The normalized spacial score (nSPS) is 12.5. The maximum absolute atomic E-state index is 13.1. The van der Waals surface area contributed by atoms with Crippen LogP contribution in [-0.2, 0) is 16.3 Å². The second-order valence-corrected chi connectivity index (χ2v) is 7.60. The molecule has 0 atom stereocenters. The van der Waals surface area contributed by atoms with Crippen molar-refractivity contribution in [2.45, 2.75) is 11.1 Å². The zero-order valence-electron chi connectivity index (χ0n) is 13.4. The van der Waals surface area contributed by atoms with Gasteiger partial charge in [-0.1, -0.05) is 6.07 Å². The van der Waals surface area contributed by atoms with Gasteiger partial charge in [-0.05, 0) is 24.3 Å². The van der Waals surface area contributed by atoms with Gasteiger partial charge in [0.2, 0.25) is 0 Å². The molecule has 0 bridgehead atoms. The van der Waals surface area contributed by atoms with E-state index in [0.29, 0.717) is 11.6 Å². The highest BCUT2D eigenvalue weighted by Crippen LogP contribution is 2.35. The molecule has 0 spiro atoms. The summed E-state index contributed by atoms with van der Waals surface area (Å²) >= 11 is 0.821. The number of alkyl halides is 3. The van der Waals surface area contributed by atoms with Crippen molar-refractivity contribution in [3.63, 3.8) is 0 Å². The lowest BCUT2D eigenvalue weighted by Gasteiger charge is -2.11. The third-order valence-corrected chi connectivity index (χ3v) is 5.57. The summed E-state index contributed by atoms with van der Waals surface area (Å²) < 4.78 is 82.1. The highest BCUT2D eigenvalue weighted by atomic mass is 32.2. The van der Waals surface area contributed by atoms with Gasteiger partial charge in [-0.2, -0.15) is 30.3 Å². The maximum atomic E-state index is 13.1. The Kier molecular flexibility index (Phi) is 4.12. The van der Waals surface area contributed by atoms with Gasteiger partial charge in [0.1, 0.15) is 27.3 Å². The van der Waals surface area contributed by atoms with Crippen LogP contribution in [0.25, 0.3) is 22.0 Å². The molecule has 4 aromatic rings. The topological polar surface area (TPSA) is 99.4 Å². The molecule has 0 N–H and O–H groups in total. The summed E-state index contributed by atoms with van der Waals surface area (Å²) in [6, 6.07) is 7.53. The van der Waals surface area contributed by atoms with Crippen LogP contribution >= 0.6 is 11.7 Å². The first-order chi connectivity index (χ1) is 13.1. The Balaban J connectivity index is 1.80. The van der Waals surface area contributed by atoms with Crippen LogP contribution in [0.5, 0.6) is 5.75 Å². The molecule has 0 amide bonds. The van der Waals surface area contributed by atoms with Crippen LogP contribution in [-0.4, -0.2) is 17.2 Å². The molecule has 0 aliphatic rings. The second kappa shape index (κ2) is 6.27. The van der Waals surface area contributed by atoms with Crippen molar-refractivity contribution in [1.29, 1.82) is 0 Å². The molecule has 12 heteroatoms. The molecule has 0 aliphatic carbocycles. The number of fused-ring (bicyclic) bond motifs is 2. The number of rotatable bonds is 3. The van der Waals surface area contributed by atoms with Crippen molar-refractivity contribution >= 4 is 43.8 Å². The van der Waals surface area contributed by atoms with E-state index in [2.05, 4.69) is 8.75 Å². The Labute approximate surface area is 158 Å². The highest BCUT2D eigenvalue weighted by Gasteiger charge is 2.34. The smallest absolute Gasteiger partial charge is 0.417 e. The van der Waals surface area contributed by atoms with E-state index in [1.54, 1.807) is 6.07 Å². The maximum Gasteiger partial charge on any atom is 0.417 e. The second-order valence-electron chi connectivity index (χ2n) is 5.56. The van der Waals surface area contributed by atoms with E-state index in [1.807, 2.05) is 0 Å². The molecule has 2 aromatic carbocycles. The fourth-order valence-electron chi connectivity index (χ4n) is 2.58. The van der Waals surface area contributed by atoms with Crippen LogP contribution < -0.4 is 9.81 Å². The zero-order chi connectivity index (χ0) is 20.1. The number of hydrogen-bond donors (Lipinski definition) is 0. The lowest BCUT2D eigenvalue weighted by atomic mass is 10.1. The molecule has 0 fully saturated rings. The van der Waals surface area contributed by atoms with Crippen molar-refractivity contribution in [1.82, 2.24) is 8.75 Å². The minimum Gasteiger partial charge on any atom is -0.423 e. The highest BCUT2D eigenvalue weighted by molar-refractivity contribution is 7.87. The van der Waals surface area contributed by atoms with E-state index in [-0.39, 0.29) is 16.2 Å². The average molecular weight is 428 g/mol. The monoisotopic (exact) mass is 428 g/mol. The summed E-state index contributed by atoms with van der Waals surface area (Å²) in [4.78, 5) is 11.2. The minimum absolute atomic E-state index is 0.110. The standard InChI is InChI=1S/C16H7F3N2O5S2/c17-16(18,19)10-7-14(22)25-12-6-8(4-5-9(10)12)26-28(23,24)13-3-1-2-11-15(13)21-27-20-11/h1-7H. The summed E-state index contributed by atoms with van der Waals surface area (Å²) in [5.41, 5.74) is -2.40. The first-order valence-corrected chi connectivity index (χ1v) is 9.60. The largest absolute Gasteiger partial charge is 0.423 e. The van der Waals surface area contributed by atoms with E-state index in [4.69, 9.17) is 8.60 Å². The summed E-state index contributed by atoms with van der Waals surface area (Å²) in [5.74, 6) is -0.324. The molecular formula is C16H7F3N2O5S2. The molecule has 0 saturated heterocycles. The number of aromatic nitrogens is 2. The Morgan fingerprint density at radius 2 is 1.86 bits per heavy atom. The Hall–Kier alpha value is -2.99. The molecule has 0 saturated carbocycles. The minimum atomic E-state index is -4.78. The van der Waals surface area contributed by atoms with E-state index in [0.717, 1.165) is 29.9 Å². The predicted octanol–water partition coefficient (Wildman–Crippen LogP) is 3.58. The van der Waals surface area contributed by atoms with Crippen LogP contribution in [0.15, 0.2) is 56.6 Å². The zero-order valence-corrected chi connectivity index (χ0v) is 15.1. The van der Waals surface area contributed by atoms with Crippen LogP contribution in [0.2, 0.25) is 0 Å². The summed E-state index contributed by atoms with van der Waals surface area (Å²) in [7, 11) is -4.36. The van der Waals surface area contributed by atoms with Gasteiger partial charge in [0.15, 0.2) is 0 Å². The molecule has 144 valence electrons. The fourth-order valence-corrected chi connectivity index (χ4v) is 4.27. The van der Waals surface area contributed by atoms with Crippen LogP contribution in [0.1, 0.15) is 5.56 Å². The third-order valence-electron chi connectivity index (χ3n) is 3.75. The third kappa shape index (κ3) is 3.20. The van der Waals surface area contributed by atoms with Gasteiger partial charge in [0.25, 0.3) is 0 Å². The summed E-state index contributed by atoms with van der Waals surface area (Å²) in [6.45, 7) is 0. The number of nitrogens with zero attached hydrogens (tertiary/aromatic N) is 2. The molecule has 0 radical (unpaired) electrons. The molecule has 7 nitrogen and oxygen atoms in total. The van der Waals surface area contributed by atoms with Crippen molar-refractivity contribution < 1.29 is 30.2 Å². The molecule has 0 aliphatic heterocycles. The van der Waals surface area contributed by atoms with Crippen molar-refractivity contribution in [3.05, 3.63) is 58.4 Å². The van der Waals surface area contributed by atoms with Crippen molar-refractivity contribution in [2.24, 2.45) is 0 Å². The average Bonchev–Trinajstić information content (AvgIpc) is 3.08. The van der Waals surface area contributed by atoms with Gasteiger partial charge in [-0.3, -0.25) is 0 Å². The predicted molar refractivity (Wildman–Crippen MR) is 92.7 cm³/mol. The first kappa shape index (κ1) is 18.4.